The van der Waals surface area contributed by atoms with E-state index in [2.05, 4.69) is 35.9 Å². The van der Waals surface area contributed by atoms with Crippen molar-refractivity contribution in [2.24, 2.45) is 5.92 Å². The number of carbonyl (C=O) groups is 1. The molecule has 0 N–H and O–H groups in total. The van der Waals surface area contributed by atoms with Gasteiger partial charge in [-0.1, -0.05) is 51.0 Å². The van der Waals surface area contributed by atoms with Crippen LogP contribution in [0.5, 0.6) is 5.75 Å². The highest BCUT2D eigenvalue weighted by Crippen LogP contribution is 2.37. The SMILES string of the molecule is CCCOc1cnc(CC(=O)c2ccc(C3CCC(CCC)CC3)cc2)nc1. The quantitative estimate of drug-likeness (QED) is 0.519. The zero-order valence-electron chi connectivity index (χ0n) is 17.2. The molecule has 1 heterocycles. The Labute approximate surface area is 168 Å². The van der Waals surface area contributed by atoms with Crippen molar-refractivity contribution in [1.82, 2.24) is 9.97 Å². The Balaban J connectivity index is 1.54. The fourth-order valence-electron chi connectivity index (χ4n) is 4.11. The summed E-state index contributed by atoms with van der Waals surface area (Å²) < 4.78 is 5.48. The molecule has 1 aliphatic rings. The number of ketones is 1. The van der Waals surface area contributed by atoms with E-state index in [1.807, 2.05) is 12.1 Å². The molecule has 0 bridgehead atoms. The highest BCUT2D eigenvalue weighted by atomic mass is 16.5. The van der Waals surface area contributed by atoms with E-state index < -0.39 is 0 Å². The van der Waals surface area contributed by atoms with Crippen LogP contribution in [-0.2, 0) is 6.42 Å². The predicted molar refractivity (Wildman–Crippen MR) is 112 cm³/mol. The van der Waals surface area contributed by atoms with Crippen molar-refractivity contribution < 1.29 is 9.53 Å². The van der Waals surface area contributed by atoms with Crippen molar-refractivity contribution in [2.75, 3.05) is 6.61 Å². The molecular formula is C24H32N2O2. The molecule has 4 heteroatoms. The van der Waals surface area contributed by atoms with Crippen molar-refractivity contribution in [3.63, 3.8) is 0 Å². The molecule has 0 amide bonds. The Morgan fingerprint density at radius 2 is 1.68 bits per heavy atom. The average Bonchev–Trinajstić information content (AvgIpc) is 2.74. The molecule has 0 aliphatic heterocycles. The van der Waals surface area contributed by atoms with Gasteiger partial charge in [-0.05, 0) is 49.5 Å². The highest BCUT2D eigenvalue weighted by molar-refractivity contribution is 5.97. The molecular weight excluding hydrogens is 348 g/mol. The van der Waals surface area contributed by atoms with Crippen molar-refractivity contribution >= 4 is 5.78 Å². The number of hydrogen-bond acceptors (Lipinski definition) is 4. The first-order chi connectivity index (χ1) is 13.7. The predicted octanol–water partition coefficient (Wildman–Crippen LogP) is 5.76. The fraction of sp³-hybridized carbons (Fsp3) is 0.542. The van der Waals surface area contributed by atoms with E-state index >= 15 is 0 Å². The van der Waals surface area contributed by atoms with Gasteiger partial charge in [0.15, 0.2) is 11.5 Å². The molecule has 0 spiro atoms. The van der Waals surface area contributed by atoms with Gasteiger partial charge >= 0.3 is 0 Å². The van der Waals surface area contributed by atoms with Crippen LogP contribution < -0.4 is 4.74 Å². The zero-order valence-corrected chi connectivity index (χ0v) is 17.2. The third-order valence-corrected chi connectivity index (χ3v) is 5.72. The smallest absolute Gasteiger partial charge is 0.170 e. The minimum atomic E-state index is 0.0560. The van der Waals surface area contributed by atoms with Crippen molar-refractivity contribution in [1.29, 1.82) is 0 Å². The molecule has 150 valence electrons. The van der Waals surface area contributed by atoms with E-state index in [1.54, 1.807) is 12.4 Å². The summed E-state index contributed by atoms with van der Waals surface area (Å²) in [6, 6.07) is 8.21. The van der Waals surface area contributed by atoms with Crippen LogP contribution in [0.1, 0.15) is 86.5 Å². The zero-order chi connectivity index (χ0) is 19.8. The first-order valence-corrected chi connectivity index (χ1v) is 10.8. The minimum Gasteiger partial charge on any atom is -0.490 e. The summed E-state index contributed by atoms with van der Waals surface area (Å²) in [5, 5.41) is 0. The highest BCUT2D eigenvalue weighted by Gasteiger charge is 2.22. The largest absolute Gasteiger partial charge is 0.490 e. The van der Waals surface area contributed by atoms with E-state index in [9.17, 15) is 4.79 Å². The van der Waals surface area contributed by atoms with E-state index in [0.29, 0.717) is 24.1 Å². The van der Waals surface area contributed by atoms with E-state index in [4.69, 9.17) is 4.74 Å². The maximum absolute atomic E-state index is 12.6. The molecule has 2 aromatic rings. The van der Waals surface area contributed by atoms with Gasteiger partial charge in [-0.15, -0.1) is 0 Å². The second-order valence-electron chi connectivity index (χ2n) is 7.91. The Hall–Kier alpha value is -2.23. The molecule has 0 atom stereocenters. The summed E-state index contributed by atoms with van der Waals surface area (Å²) in [6.45, 7) is 4.98. The third-order valence-electron chi connectivity index (χ3n) is 5.72. The summed E-state index contributed by atoms with van der Waals surface area (Å²) in [6.07, 6.45) is 12.3. The van der Waals surface area contributed by atoms with Gasteiger partial charge in [0.25, 0.3) is 0 Å². The van der Waals surface area contributed by atoms with Crippen LogP contribution in [-0.4, -0.2) is 22.4 Å². The first kappa shape index (κ1) is 20.5. The molecule has 0 radical (unpaired) electrons. The number of carbonyl (C=O) groups excluding carboxylic acids is 1. The standard InChI is InChI=1S/C24H32N2O2/c1-3-5-18-6-8-19(9-7-18)20-10-12-21(13-11-20)23(27)15-24-25-16-22(17-26-24)28-14-4-2/h10-13,16-19H,3-9,14-15H2,1-2H3. The summed E-state index contributed by atoms with van der Waals surface area (Å²) in [5.74, 6) is 2.81. The lowest BCUT2D eigenvalue weighted by molar-refractivity contribution is 0.0990. The Morgan fingerprint density at radius 3 is 2.29 bits per heavy atom. The second kappa shape index (κ2) is 10.4. The second-order valence-corrected chi connectivity index (χ2v) is 7.91. The molecule has 1 aliphatic carbocycles. The normalized spacial score (nSPS) is 19.4. The number of rotatable bonds is 9. The van der Waals surface area contributed by atoms with Crippen molar-refractivity contribution in [3.05, 3.63) is 53.6 Å². The van der Waals surface area contributed by atoms with Crippen LogP contribution in [0.15, 0.2) is 36.7 Å². The Kier molecular flexibility index (Phi) is 7.58. The van der Waals surface area contributed by atoms with Crippen molar-refractivity contribution in [3.8, 4) is 5.75 Å². The molecule has 1 saturated carbocycles. The van der Waals surface area contributed by atoms with Gasteiger partial charge in [0, 0.05) is 5.56 Å². The number of benzene rings is 1. The minimum absolute atomic E-state index is 0.0560. The maximum atomic E-state index is 12.6. The molecule has 1 aromatic heterocycles. The van der Waals surface area contributed by atoms with Crippen LogP contribution in [0.25, 0.3) is 0 Å². The van der Waals surface area contributed by atoms with Gasteiger partial charge in [0.2, 0.25) is 0 Å². The van der Waals surface area contributed by atoms with Crippen LogP contribution in [0.2, 0.25) is 0 Å². The molecule has 4 nitrogen and oxygen atoms in total. The van der Waals surface area contributed by atoms with Crippen molar-refractivity contribution in [2.45, 2.75) is 71.1 Å². The van der Waals surface area contributed by atoms with Gasteiger partial charge < -0.3 is 4.74 Å². The summed E-state index contributed by atoms with van der Waals surface area (Å²) >= 11 is 0. The van der Waals surface area contributed by atoms with Crippen LogP contribution in [0.4, 0.5) is 0 Å². The third kappa shape index (κ3) is 5.63. The van der Waals surface area contributed by atoms with E-state index in [-0.39, 0.29) is 12.2 Å². The Morgan fingerprint density at radius 1 is 1.00 bits per heavy atom. The number of ether oxygens (including phenoxy) is 1. The first-order valence-electron chi connectivity index (χ1n) is 10.8. The lowest BCUT2D eigenvalue weighted by Crippen LogP contribution is -2.13. The van der Waals surface area contributed by atoms with Gasteiger partial charge in [-0.3, -0.25) is 4.79 Å². The van der Waals surface area contributed by atoms with E-state index in [0.717, 1.165) is 17.9 Å². The molecule has 1 aromatic carbocycles. The lowest BCUT2D eigenvalue weighted by Gasteiger charge is -2.28. The Bertz CT molecular complexity index is 732. The molecule has 0 saturated heterocycles. The number of Topliss-reactive ketones (excluding diaryl/α,β-unsaturated/α-hetero) is 1. The average molecular weight is 381 g/mol. The maximum Gasteiger partial charge on any atom is 0.170 e. The monoisotopic (exact) mass is 380 g/mol. The lowest BCUT2D eigenvalue weighted by atomic mass is 9.77. The van der Waals surface area contributed by atoms with Crippen LogP contribution >= 0.6 is 0 Å². The van der Waals surface area contributed by atoms with Gasteiger partial charge in [-0.2, -0.15) is 0 Å². The van der Waals surface area contributed by atoms with Crippen LogP contribution in [0, 0.1) is 5.92 Å². The van der Waals surface area contributed by atoms with Gasteiger partial charge in [0.05, 0.1) is 25.4 Å². The topological polar surface area (TPSA) is 52.1 Å². The number of aromatic nitrogens is 2. The summed E-state index contributed by atoms with van der Waals surface area (Å²) in [5.41, 5.74) is 2.11. The summed E-state index contributed by atoms with van der Waals surface area (Å²) in [4.78, 5) is 21.1. The summed E-state index contributed by atoms with van der Waals surface area (Å²) in [7, 11) is 0. The van der Waals surface area contributed by atoms with E-state index in [1.165, 1.54) is 44.1 Å². The molecule has 1 fully saturated rings. The van der Waals surface area contributed by atoms with Gasteiger partial charge in [0.1, 0.15) is 5.82 Å². The molecule has 3 rings (SSSR count). The fourth-order valence-corrected chi connectivity index (χ4v) is 4.11. The molecule has 0 unspecified atom stereocenters. The van der Waals surface area contributed by atoms with Gasteiger partial charge in [-0.25, -0.2) is 9.97 Å². The number of nitrogens with zero attached hydrogens (tertiary/aromatic N) is 2. The molecule has 28 heavy (non-hydrogen) atoms. The number of hydrogen-bond donors (Lipinski definition) is 0. The van der Waals surface area contributed by atoms with Crippen LogP contribution in [0.3, 0.4) is 0 Å².